The van der Waals surface area contributed by atoms with Crippen LogP contribution in [0.5, 0.6) is 0 Å². The molecule has 0 atom stereocenters. The van der Waals surface area contributed by atoms with Gasteiger partial charge in [-0.25, -0.2) is 0 Å². The standard InChI is InChI=1S/C49H80/c1-40(2)22-13-24-42(5)26-15-28-44(7)30-17-32-46(9)34-19-36-48(11)38-21-39-49(12)37-20-35-47(10)33-18-31-45(8)29-16-27-43(6)25-14-23-41(3)4/h23-24,27-28,31-32,35-36,39H,1,13-22,25-26,29-30,33-34,37-38H2,2-12H3/b42-24+,43-27+,44-28+,45-31+,46-32+,47-35+,48-36+,49-39+. The van der Waals surface area contributed by atoms with Crippen LogP contribution >= 0.6 is 0 Å². The third kappa shape index (κ3) is 32.4. The molecule has 0 heteroatoms. The first-order chi connectivity index (χ1) is 23.3. The highest BCUT2D eigenvalue weighted by atomic mass is 14.0. The van der Waals surface area contributed by atoms with E-state index in [0.717, 1.165) is 44.9 Å². The number of allylic oxidation sites excluding steroid dienone is 19. The molecule has 0 unspecified atom stereocenters. The molecule has 0 aromatic heterocycles. The second kappa shape index (κ2) is 30.2. The molecule has 0 radical (unpaired) electrons. The molecule has 0 amide bonds. The Bertz CT molecular complexity index is 1200. The van der Waals surface area contributed by atoms with Crippen molar-refractivity contribution in [1.82, 2.24) is 0 Å². The first-order valence-electron chi connectivity index (χ1n) is 19.8. The van der Waals surface area contributed by atoms with Crippen molar-refractivity contribution in [3.63, 3.8) is 0 Å². The summed E-state index contributed by atoms with van der Waals surface area (Å²) in [7, 11) is 0. The fraction of sp³-hybridized carbons (Fsp3) is 0.592. The minimum absolute atomic E-state index is 1.11. The maximum Gasteiger partial charge on any atom is -0.0288 e. The van der Waals surface area contributed by atoms with Gasteiger partial charge in [0.2, 0.25) is 0 Å². The Hall–Kier alpha value is -2.60. The highest BCUT2D eigenvalue weighted by molar-refractivity contribution is 5.10. The molecule has 0 aliphatic rings. The molecule has 0 saturated heterocycles. The normalized spacial score (nSPS) is 14.5. The molecule has 0 saturated carbocycles. The van der Waals surface area contributed by atoms with E-state index in [1.165, 1.54) is 126 Å². The third-order valence-electron chi connectivity index (χ3n) is 9.38. The van der Waals surface area contributed by atoms with Crippen molar-refractivity contribution in [2.75, 3.05) is 0 Å². The second-order valence-corrected chi connectivity index (χ2v) is 15.5. The SMILES string of the molecule is C=C(C)CC/C=C(\C)CC/C=C(\C)CC/C=C(\C)CC/C=C(\C)CC/C=C(\C)CC/C=C(\C)CC/C=C(\C)CC/C=C(\C)CCC=C(C)C. The maximum absolute atomic E-state index is 4.00. The van der Waals surface area contributed by atoms with Gasteiger partial charge < -0.3 is 0 Å². The lowest BCUT2D eigenvalue weighted by molar-refractivity contribution is 0.879. The van der Waals surface area contributed by atoms with Gasteiger partial charge >= 0.3 is 0 Å². The van der Waals surface area contributed by atoms with Crippen LogP contribution in [0.2, 0.25) is 0 Å². The van der Waals surface area contributed by atoms with Crippen molar-refractivity contribution in [3.05, 3.63) is 117 Å². The first-order valence-corrected chi connectivity index (χ1v) is 19.8. The molecular weight excluding hydrogens is 589 g/mol. The number of hydrogen-bond acceptors (Lipinski definition) is 0. The molecule has 0 N–H and O–H groups in total. The van der Waals surface area contributed by atoms with Gasteiger partial charge in [-0.3, -0.25) is 0 Å². The van der Waals surface area contributed by atoms with Crippen LogP contribution in [0.1, 0.15) is 192 Å². The molecule has 0 heterocycles. The number of rotatable bonds is 27. The van der Waals surface area contributed by atoms with Crippen LogP contribution in [-0.4, -0.2) is 0 Å². The summed E-state index contributed by atoms with van der Waals surface area (Å²) in [6.07, 6.45) is 42.9. The predicted octanol–water partition coefficient (Wildman–Crippen LogP) is 17.1. The van der Waals surface area contributed by atoms with Crippen LogP contribution in [0.25, 0.3) is 0 Å². The molecule has 0 nitrogen and oxygen atoms in total. The lowest BCUT2D eigenvalue weighted by Crippen LogP contribution is -1.84. The van der Waals surface area contributed by atoms with Crippen molar-refractivity contribution in [1.29, 1.82) is 0 Å². The van der Waals surface area contributed by atoms with Crippen LogP contribution in [-0.2, 0) is 0 Å². The zero-order valence-electron chi connectivity index (χ0n) is 34.6. The lowest BCUT2D eigenvalue weighted by atomic mass is 10.0. The van der Waals surface area contributed by atoms with E-state index in [-0.39, 0.29) is 0 Å². The Morgan fingerprint density at radius 1 is 0.265 bits per heavy atom. The van der Waals surface area contributed by atoms with Gasteiger partial charge in [0.15, 0.2) is 0 Å². The van der Waals surface area contributed by atoms with Crippen LogP contribution in [0, 0.1) is 0 Å². The van der Waals surface area contributed by atoms with Gasteiger partial charge in [-0.15, -0.1) is 6.58 Å². The van der Waals surface area contributed by atoms with Crippen molar-refractivity contribution < 1.29 is 0 Å². The third-order valence-corrected chi connectivity index (χ3v) is 9.38. The summed E-state index contributed by atoms with van der Waals surface area (Å²) in [5, 5.41) is 0. The summed E-state index contributed by atoms with van der Waals surface area (Å²) >= 11 is 0. The fourth-order valence-electron chi connectivity index (χ4n) is 5.79. The molecule has 0 aromatic rings. The first kappa shape index (κ1) is 46.4. The highest BCUT2D eigenvalue weighted by Gasteiger charge is 1.97. The van der Waals surface area contributed by atoms with E-state index in [9.17, 15) is 0 Å². The minimum Gasteiger partial charge on any atom is -0.100 e. The van der Waals surface area contributed by atoms with Gasteiger partial charge in [0.1, 0.15) is 0 Å². The zero-order valence-corrected chi connectivity index (χ0v) is 34.6. The van der Waals surface area contributed by atoms with Crippen LogP contribution in [0.4, 0.5) is 0 Å². The lowest BCUT2D eigenvalue weighted by Gasteiger charge is -2.04. The van der Waals surface area contributed by atoms with Crippen molar-refractivity contribution in [2.45, 2.75) is 192 Å². The Morgan fingerprint density at radius 2 is 0.429 bits per heavy atom. The molecule has 0 aliphatic heterocycles. The molecule has 49 heavy (non-hydrogen) atoms. The van der Waals surface area contributed by atoms with Crippen LogP contribution in [0.15, 0.2) is 117 Å². The average Bonchev–Trinajstić information content (AvgIpc) is 3.00. The van der Waals surface area contributed by atoms with E-state index in [1.54, 1.807) is 0 Å². The smallest absolute Gasteiger partial charge is 0.0288 e. The predicted molar refractivity (Wildman–Crippen MR) is 227 cm³/mol. The van der Waals surface area contributed by atoms with Crippen molar-refractivity contribution in [2.24, 2.45) is 0 Å². The minimum atomic E-state index is 1.11. The highest BCUT2D eigenvalue weighted by Crippen LogP contribution is 2.18. The van der Waals surface area contributed by atoms with E-state index in [2.05, 4.69) is 137 Å². The average molecular weight is 669 g/mol. The van der Waals surface area contributed by atoms with Gasteiger partial charge in [-0.1, -0.05) is 110 Å². The summed E-state index contributed by atoms with van der Waals surface area (Å²) in [4.78, 5) is 0. The molecule has 276 valence electrons. The largest absolute Gasteiger partial charge is 0.100 e. The summed E-state index contributed by atoms with van der Waals surface area (Å²) < 4.78 is 0. The van der Waals surface area contributed by atoms with Gasteiger partial charge in [-0.05, 0) is 192 Å². The Kier molecular flexibility index (Phi) is 28.6. The van der Waals surface area contributed by atoms with Crippen molar-refractivity contribution >= 4 is 0 Å². The number of hydrogen-bond donors (Lipinski definition) is 0. The second-order valence-electron chi connectivity index (χ2n) is 15.5. The maximum atomic E-state index is 4.00. The van der Waals surface area contributed by atoms with E-state index in [1.807, 2.05) is 0 Å². The van der Waals surface area contributed by atoms with E-state index in [4.69, 9.17) is 0 Å². The summed E-state index contributed by atoms with van der Waals surface area (Å²) in [6.45, 7) is 28.8. The molecule has 0 aliphatic carbocycles. The summed E-state index contributed by atoms with van der Waals surface area (Å²) in [5.41, 5.74) is 14.9. The van der Waals surface area contributed by atoms with Gasteiger partial charge in [-0.2, -0.15) is 0 Å². The Morgan fingerprint density at radius 3 is 0.592 bits per heavy atom. The molecule has 0 fully saturated rings. The van der Waals surface area contributed by atoms with Gasteiger partial charge in [0.05, 0.1) is 0 Å². The Balaban J connectivity index is 4.22. The van der Waals surface area contributed by atoms with E-state index in [0.29, 0.717) is 0 Å². The van der Waals surface area contributed by atoms with Crippen LogP contribution in [0.3, 0.4) is 0 Å². The topological polar surface area (TPSA) is 0 Å². The zero-order chi connectivity index (χ0) is 36.9. The van der Waals surface area contributed by atoms with Crippen LogP contribution < -0.4 is 0 Å². The summed E-state index contributed by atoms with van der Waals surface area (Å²) in [5.74, 6) is 0. The molecule has 0 rings (SSSR count). The van der Waals surface area contributed by atoms with Gasteiger partial charge in [0, 0.05) is 0 Å². The fourth-order valence-corrected chi connectivity index (χ4v) is 5.79. The van der Waals surface area contributed by atoms with Crippen molar-refractivity contribution in [3.8, 4) is 0 Å². The van der Waals surface area contributed by atoms with Gasteiger partial charge in [0.25, 0.3) is 0 Å². The molecule has 0 bridgehead atoms. The molecular formula is C49H80. The monoisotopic (exact) mass is 669 g/mol. The van der Waals surface area contributed by atoms with E-state index >= 15 is 0 Å². The molecule has 0 aromatic carbocycles. The van der Waals surface area contributed by atoms with E-state index < -0.39 is 0 Å². The quantitative estimate of drug-likeness (QED) is 0.0764. The molecule has 0 spiro atoms. The summed E-state index contributed by atoms with van der Waals surface area (Å²) in [6, 6.07) is 0. The Labute approximate surface area is 307 Å².